The van der Waals surface area contributed by atoms with Crippen molar-refractivity contribution in [2.45, 2.75) is 10.9 Å². The van der Waals surface area contributed by atoms with Gasteiger partial charge in [-0.05, 0) is 48.1 Å². The van der Waals surface area contributed by atoms with E-state index in [4.69, 9.17) is 23.8 Å². The van der Waals surface area contributed by atoms with Gasteiger partial charge in [-0.2, -0.15) is 0 Å². The molecule has 4 aromatic rings. The predicted molar refractivity (Wildman–Crippen MR) is 116 cm³/mol. The Morgan fingerprint density at radius 1 is 1.21 bits per heavy atom. The number of hydrogen-bond acceptors (Lipinski definition) is 5. The number of hydrogen-bond donors (Lipinski definition) is 0. The van der Waals surface area contributed by atoms with Gasteiger partial charge in [0.15, 0.2) is 14.8 Å². The molecule has 0 aliphatic heterocycles. The summed E-state index contributed by atoms with van der Waals surface area (Å²) in [6, 6.07) is 13.8. The van der Waals surface area contributed by atoms with Crippen molar-refractivity contribution in [3.8, 4) is 5.69 Å². The SMILES string of the molecule is Cn1c(SCc2ccccc2F)nc2c(sc(=S)n2-c2ccc(Cl)cc2)c1=O. The quantitative estimate of drug-likeness (QED) is 0.231. The van der Waals surface area contributed by atoms with E-state index in [0.717, 1.165) is 5.69 Å². The third-order valence-corrected chi connectivity index (χ3v) is 6.86. The standard InChI is InChI=1S/C19H13ClFN3OS3/c1-23-17(25)15-16(22-18(23)27-10-11-4-2-3-5-14(11)21)24(19(26)28-15)13-8-6-12(20)7-9-13/h2-9H,10H2,1H3. The minimum absolute atomic E-state index is 0.176. The number of benzene rings is 2. The number of halogens is 2. The summed E-state index contributed by atoms with van der Waals surface area (Å²) < 4.78 is 18.2. The average Bonchev–Trinajstić information content (AvgIpc) is 3.01. The Morgan fingerprint density at radius 2 is 1.93 bits per heavy atom. The molecular formula is C19H13ClFN3OS3. The maximum absolute atomic E-state index is 13.9. The predicted octanol–water partition coefficient (Wildman–Crippen LogP) is 5.60. The van der Waals surface area contributed by atoms with Gasteiger partial charge in [0.1, 0.15) is 10.5 Å². The van der Waals surface area contributed by atoms with Gasteiger partial charge in [-0.1, -0.05) is 52.9 Å². The smallest absolute Gasteiger partial charge is 0.273 e. The van der Waals surface area contributed by atoms with E-state index >= 15 is 0 Å². The third kappa shape index (κ3) is 3.53. The van der Waals surface area contributed by atoms with Crippen molar-refractivity contribution >= 4 is 57.3 Å². The first-order valence-electron chi connectivity index (χ1n) is 8.20. The Hall–Kier alpha value is -2.00. The molecule has 0 N–H and O–H groups in total. The Morgan fingerprint density at radius 3 is 2.64 bits per heavy atom. The molecule has 0 saturated carbocycles. The highest BCUT2D eigenvalue weighted by atomic mass is 35.5. The van der Waals surface area contributed by atoms with Crippen LogP contribution in [0.2, 0.25) is 5.02 Å². The zero-order valence-corrected chi connectivity index (χ0v) is 17.8. The van der Waals surface area contributed by atoms with E-state index in [2.05, 4.69) is 4.98 Å². The first kappa shape index (κ1) is 19.3. The molecule has 4 nitrogen and oxygen atoms in total. The van der Waals surface area contributed by atoms with Crippen molar-refractivity contribution in [1.29, 1.82) is 0 Å². The minimum Gasteiger partial charge on any atom is -0.289 e. The lowest BCUT2D eigenvalue weighted by Crippen LogP contribution is -2.19. The van der Waals surface area contributed by atoms with Gasteiger partial charge in [0.2, 0.25) is 0 Å². The molecule has 0 atom stereocenters. The number of thioether (sulfide) groups is 1. The zero-order valence-electron chi connectivity index (χ0n) is 14.6. The molecule has 28 heavy (non-hydrogen) atoms. The monoisotopic (exact) mass is 449 g/mol. The van der Waals surface area contributed by atoms with Crippen LogP contribution in [0.1, 0.15) is 5.56 Å². The number of fused-ring (bicyclic) bond motifs is 1. The van der Waals surface area contributed by atoms with Crippen LogP contribution in [0.4, 0.5) is 4.39 Å². The van der Waals surface area contributed by atoms with Crippen LogP contribution in [-0.2, 0) is 12.8 Å². The maximum Gasteiger partial charge on any atom is 0.273 e. The van der Waals surface area contributed by atoms with E-state index in [1.54, 1.807) is 41.9 Å². The molecule has 2 heterocycles. The lowest BCUT2D eigenvalue weighted by atomic mass is 10.2. The highest BCUT2D eigenvalue weighted by molar-refractivity contribution is 7.98. The fraction of sp³-hybridized carbons (Fsp3) is 0.105. The molecule has 0 unspecified atom stereocenters. The van der Waals surface area contributed by atoms with Crippen molar-refractivity contribution in [3.63, 3.8) is 0 Å². The summed E-state index contributed by atoms with van der Waals surface area (Å²) in [7, 11) is 1.66. The van der Waals surface area contributed by atoms with Crippen LogP contribution in [0.5, 0.6) is 0 Å². The van der Waals surface area contributed by atoms with Crippen LogP contribution in [0.3, 0.4) is 0 Å². The average molecular weight is 450 g/mol. The highest BCUT2D eigenvalue weighted by Gasteiger charge is 2.16. The largest absolute Gasteiger partial charge is 0.289 e. The third-order valence-electron chi connectivity index (χ3n) is 4.17. The van der Waals surface area contributed by atoms with Gasteiger partial charge in [0.25, 0.3) is 5.56 Å². The number of rotatable bonds is 4. The summed E-state index contributed by atoms with van der Waals surface area (Å²) in [6.45, 7) is 0. The van der Waals surface area contributed by atoms with E-state index < -0.39 is 0 Å². The van der Waals surface area contributed by atoms with Gasteiger partial charge >= 0.3 is 0 Å². The first-order valence-corrected chi connectivity index (χ1v) is 10.8. The van der Waals surface area contributed by atoms with Gasteiger partial charge in [-0.15, -0.1) is 0 Å². The summed E-state index contributed by atoms with van der Waals surface area (Å²) in [5, 5.41) is 1.11. The summed E-state index contributed by atoms with van der Waals surface area (Å²) >= 11 is 14.0. The second-order valence-corrected chi connectivity index (χ2v) is 8.99. The van der Waals surface area contributed by atoms with E-state index in [-0.39, 0.29) is 11.4 Å². The second kappa shape index (κ2) is 7.79. The van der Waals surface area contributed by atoms with E-state index in [9.17, 15) is 9.18 Å². The molecule has 0 aliphatic carbocycles. The van der Waals surface area contributed by atoms with Crippen molar-refractivity contribution in [2.75, 3.05) is 0 Å². The fourth-order valence-corrected chi connectivity index (χ4v) is 5.14. The molecule has 0 spiro atoms. The molecule has 2 aromatic carbocycles. The summed E-state index contributed by atoms with van der Waals surface area (Å²) in [5.74, 6) is 0.0882. The van der Waals surface area contributed by atoms with Gasteiger partial charge < -0.3 is 0 Å². The molecule has 0 saturated heterocycles. The molecule has 0 amide bonds. The fourth-order valence-electron chi connectivity index (χ4n) is 2.72. The maximum atomic E-state index is 13.9. The summed E-state index contributed by atoms with van der Waals surface area (Å²) in [6.07, 6.45) is 0. The number of nitrogens with zero attached hydrogens (tertiary/aromatic N) is 3. The molecule has 0 radical (unpaired) electrons. The normalized spacial score (nSPS) is 11.2. The Kier molecular flexibility index (Phi) is 5.37. The number of thiazole rings is 1. The molecule has 0 bridgehead atoms. The highest BCUT2D eigenvalue weighted by Crippen LogP contribution is 2.27. The summed E-state index contributed by atoms with van der Waals surface area (Å²) in [5.41, 5.74) is 1.66. The zero-order chi connectivity index (χ0) is 19.8. The molecule has 142 valence electrons. The van der Waals surface area contributed by atoms with Crippen LogP contribution >= 0.6 is 46.9 Å². The van der Waals surface area contributed by atoms with Gasteiger partial charge in [-0.3, -0.25) is 13.9 Å². The van der Waals surface area contributed by atoms with Crippen molar-refractivity contribution in [2.24, 2.45) is 7.05 Å². The first-order chi connectivity index (χ1) is 13.5. The lowest BCUT2D eigenvalue weighted by Gasteiger charge is -2.09. The van der Waals surface area contributed by atoms with Crippen LogP contribution in [0, 0.1) is 9.77 Å². The summed E-state index contributed by atoms with van der Waals surface area (Å²) in [4.78, 5) is 17.5. The van der Waals surface area contributed by atoms with Crippen molar-refractivity contribution < 1.29 is 4.39 Å². The molecule has 9 heteroatoms. The van der Waals surface area contributed by atoms with Crippen LogP contribution < -0.4 is 5.56 Å². The topological polar surface area (TPSA) is 39.8 Å². The van der Waals surface area contributed by atoms with Gasteiger partial charge in [0, 0.05) is 23.5 Å². The Bertz CT molecular complexity index is 1290. The molecular weight excluding hydrogens is 437 g/mol. The molecule has 0 aliphatic rings. The van der Waals surface area contributed by atoms with Crippen molar-refractivity contribution in [1.82, 2.24) is 14.1 Å². The van der Waals surface area contributed by atoms with Gasteiger partial charge in [-0.25, -0.2) is 9.37 Å². The van der Waals surface area contributed by atoms with Crippen LogP contribution in [-0.4, -0.2) is 14.1 Å². The van der Waals surface area contributed by atoms with Gasteiger partial charge in [0.05, 0.1) is 0 Å². The molecule has 2 aromatic heterocycles. The molecule has 4 rings (SSSR count). The van der Waals surface area contributed by atoms with E-state index in [1.165, 1.54) is 33.7 Å². The van der Waals surface area contributed by atoms with E-state index in [1.807, 2.05) is 12.1 Å². The van der Waals surface area contributed by atoms with E-state index in [0.29, 0.717) is 35.8 Å². The lowest BCUT2D eigenvalue weighted by molar-refractivity contribution is 0.617. The second-order valence-electron chi connectivity index (χ2n) is 5.97. The van der Waals surface area contributed by atoms with Crippen molar-refractivity contribution in [3.05, 3.63) is 79.2 Å². The van der Waals surface area contributed by atoms with Crippen LogP contribution in [0.25, 0.3) is 16.0 Å². The van der Waals surface area contributed by atoms with Crippen LogP contribution in [0.15, 0.2) is 58.5 Å². The Labute approximate surface area is 178 Å². The Balaban J connectivity index is 1.82. The minimum atomic E-state index is -0.277. The molecule has 0 fully saturated rings. The number of aromatic nitrogens is 3.